The molecular weight excluding hydrogens is 242 g/mol. The van der Waals surface area contributed by atoms with Gasteiger partial charge in [0.25, 0.3) is 0 Å². The molecule has 1 N–H and O–H groups in total. The standard InChI is InChI=1S/C14H17N3S/c1-9(2)6-11-7-13(18)17-14(16-11)12-8-15-5-4-10(12)3/h4-5,7-9H,6H2,1-3H3,(H,16,17,18). The largest absolute Gasteiger partial charge is 0.343 e. The molecule has 2 rings (SSSR count). The lowest BCUT2D eigenvalue weighted by molar-refractivity contribution is 0.634. The number of H-pyrrole nitrogens is 1. The van der Waals surface area contributed by atoms with Crippen LogP contribution in [0.3, 0.4) is 0 Å². The zero-order valence-electron chi connectivity index (χ0n) is 10.9. The molecule has 0 aliphatic heterocycles. The van der Waals surface area contributed by atoms with Crippen LogP contribution in [0, 0.1) is 17.5 Å². The molecular formula is C14H17N3S. The van der Waals surface area contributed by atoms with Crippen molar-refractivity contribution < 1.29 is 0 Å². The van der Waals surface area contributed by atoms with Gasteiger partial charge in [0.15, 0.2) is 0 Å². The van der Waals surface area contributed by atoms with Crippen LogP contribution in [0.1, 0.15) is 25.1 Å². The third kappa shape index (κ3) is 3.01. The Hall–Kier alpha value is -1.55. The first-order chi connectivity index (χ1) is 8.56. The molecule has 0 saturated heterocycles. The molecule has 2 heterocycles. The Balaban J connectivity index is 2.49. The smallest absolute Gasteiger partial charge is 0.140 e. The van der Waals surface area contributed by atoms with Gasteiger partial charge in [-0.1, -0.05) is 26.1 Å². The monoisotopic (exact) mass is 259 g/mol. The van der Waals surface area contributed by atoms with E-state index in [-0.39, 0.29) is 0 Å². The molecule has 4 heteroatoms. The van der Waals surface area contributed by atoms with E-state index < -0.39 is 0 Å². The van der Waals surface area contributed by atoms with Crippen LogP contribution in [0.25, 0.3) is 11.4 Å². The maximum absolute atomic E-state index is 5.23. The average Bonchev–Trinajstić information content (AvgIpc) is 2.27. The summed E-state index contributed by atoms with van der Waals surface area (Å²) in [5.74, 6) is 1.39. The Morgan fingerprint density at radius 3 is 2.83 bits per heavy atom. The summed E-state index contributed by atoms with van der Waals surface area (Å²) in [6.45, 7) is 6.42. The lowest BCUT2D eigenvalue weighted by Gasteiger charge is -2.09. The highest BCUT2D eigenvalue weighted by Gasteiger charge is 2.06. The SMILES string of the molecule is Cc1ccncc1-c1nc(=S)cc(CC(C)C)[nH]1. The van der Waals surface area contributed by atoms with Crippen molar-refractivity contribution in [2.75, 3.05) is 0 Å². The molecule has 0 saturated carbocycles. The molecule has 2 aromatic rings. The summed E-state index contributed by atoms with van der Waals surface area (Å²) in [6, 6.07) is 3.91. The van der Waals surface area contributed by atoms with Crippen molar-refractivity contribution in [2.45, 2.75) is 27.2 Å². The summed E-state index contributed by atoms with van der Waals surface area (Å²) in [4.78, 5) is 11.9. The molecule has 0 amide bonds. The van der Waals surface area contributed by atoms with E-state index in [1.807, 2.05) is 25.3 Å². The van der Waals surface area contributed by atoms with Gasteiger partial charge in [0.1, 0.15) is 10.5 Å². The fourth-order valence-electron chi connectivity index (χ4n) is 1.90. The Bertz CT molecular complexity index is 602. The highest BCUT2D eigenvalue weighted by Crippen LogP contribution is 2.19. The topological polar surface area (TPSA) is 41.6 Å². The third-order valence-corrected chi connectivity index (χ3v) is 2.93. The lowest BCUT2D eigenvalue weighted by Crippen LogP contribution is -2.01. The van der Waals surface area contributed by atoms with Crippen LogP contribution >= 0.6 is 12.2 Å². The number of aryl methyl sites for hydroxylation is 1. The van der Waals surface area contributed by atoms with Gasteiger partial charge in [-0.25, -0.2) is 4.98 Å². The van der Waals surface area contributed by atoms with Gasteiger partial charge in [-0.05, 0) is 37.0 Å². The molecule has 0 spiro atoms. The first kappa shape index (κ1) is 12.9. The van der Waals surface area contributed by atoms with Crippen molar-refractivity contribution >= 4 is 12.2 Å². The van der Waals surface area contributed by atoms with Crippen molar-refractivity contribution in [2.24, 2.45) is 5.92 Å². The van der Waals surface area contributed by atoms with E-state index in [2.05, 4.69) is 28.8 Å². The normalized spacial score (nSPS) is 10.9. The second-order valence-electron chi connectivity index (χ2n) is 4.88. The molecule has 0 atom stereocenters. The van der Waals surface area contributed by atoms with E-state index >= 15 is 0 Å². The summed E-state index contributed by atoms with van der Waals surface area (Å²) < 4.78 is 0.627. The van der Waals surface area contributed by atoms with Crippen molar-refractivity contribution in [3.8, 4) is 11.4 Å². The molecule has 0 aliphatic rings. The van der Waals surface area contributed by atoms with Crippen LogP contribution in [0.15, 0.2) is 24.5 Å². The van der Waals surface area contributed by atoms with E-state index in [1.165, 1.54) is 0 Å². The molecule has 0 aliphatic carbocycles. The predicted molar refractivity (Wildman–Crippen MR) is 75.9 cm³/mol. The number of hydrogen-bond acceptors (Lipinski definition) is 3. The maximum Gasteiger partial charge on any atom is 0.140 e. The number of aromatic amines is 1. The quantitative estimate of drug-likeness (QED) is 0.854. The van der Waals surface area contributed by atoms with Crippen LogP contribution in [0.2, 0.25) is 0 Å². The first-order valence-corrected chi connectivity index (χ1v) is 6.48. The maximum atomic E-state index is 5.23. The highest BCUT2D eigenvalue weighted by atomic mass is 32.1. The summed E-state index contributed by atoms with van der Waals surface area (Å²) >= 11 is 5.23. The minimum atomic E-state index is 0.584. The van der Waals surface area contributed by atoms with Gasteiger partial charge in [0.2, 0.25) is 0 Å². The summed E-state index contributed by atoms with van der Waals surface area (Å²) in [6.07, 6.45) is 4.58. The van der Waals surface area contributed by atoms with Crippen LogP contribution < -0.4 is 0 Å². The molecule has 2 aromatic heterocycles. The lowest BCUT2D eigenvalue weighted by atomic mass is 10.1. The second kappa shape index (κ2) is 5.40. The van der Waals surface area contributed by atoms with Crippen LogP contribution in [-0.4, -0.2) is 15.0 Å². The highest BCUT2D eigenvalue weighted by molar-refractivity contribution is 7.71. The van der Waals surface area contributed by atoms with Crippen molar-refractivity contribution in [1.82, 2.24) is 15.0 Å². The molecule has 0 bridgehead atoms. The second-order valence-corrected chi connectivity index (χ2v) is 5.30. The summed E-state index contributed by atoms with van der Waals surface area (Å²) in [7, 11) is 0. The van der Waals surface area contributed by atoms with E-state index in [0.717, 1.165) is 29.1 Å². The van der Waals surface area contributed by atoms with Crippen LogP contribution in [-0.2, 0) is 6.42 Å². The molecule has 94 valence electrons. The minimum absolute atomic E-state index is 0.584. The van der Waals surface area contributed by atoms with Crippen molar-refractivity contribution in [3.63, 3.8) is 0 Å². The van der Waals surface area contributed by atoms with Gasteiger partial charge in [0.05, 0.1) is 0 Å². The molecule has 18 heavy (non-hydrogen) atoms. The number of pyridine rings is 1. The van der Waals surface area contributed by atoms with Gasteiger partial charge in [-0.2, -0.15) is 0 Å². The molecule has 3 nitrogen and oxygen atoms in total. The molecule has 0 aromatic carbocycles. The fraction of sp³-hybridized carbons (Fsp3) is 0.357. The van der Waals surface area contributed by atoms with Gasteiger partial charge >= 0.3 is 0 Å². The fourth-order valence-corrected chi connectivity index (χ4v) is 2.13. The van der Waals surface area contributed by atoms with Crippen molar-refractivity contribution in [1.29, 1.82) is 0 Å². The number of nitrogens with zero attached hydrogens (tertiary/aromatic N) is 2. The van der Waals surface area contributed by atoms with Crippen LogP contribution in [0.4, 0.5) is 0 Å². The van der Waals surface area contributed by atoms with Gasteiger partial charge < -0.3 is 4.98 Å². The minimum Gasteiger partial charge on any atom is -0.343 e. The molecule has 0 unspecified atom stereocenters. The average molecular weight is 259 g/mol. The summed E-state index contributed by atoms with van der Waals surface area (Å²) in [5.41, 5.74) is 3.28. The Morgan fingerprint density at radius 1 is 1.39 bits per heavy atom. The summed E-state index contributed by atoms with van der Waals surface area (Å²) in [5, 5.41) is 0. The number of nitrogens with one attached hydrogen (secondary N) is 1. The van der Waals surface area contributed by atoms with E-state index in [4.69, 9.17) is 12.2 Å². The number of hydrogen-bond donors (Lipinski definition) is 1. The van der Waals surface area contributed by atoms with E-state index in [9.17, 15) is 0 Å². The van der Waals surface area contributed by atoms with E-state index in [0.29, 0.717) is 10.6 Å². The Morgan fingerprint density at radius 2 is 2.17 bits per heavy atom. The number of rotatable bonds is 3. The predicted octanol–water partition coefficient (Wildman–Crippen LogP) is 3.71. The molecule has 0 radical (unpaired) electrons. The molecule has 0 fully saturated rings. The van der Waals surface area contributed by atoms with Gasteiger partial charge in [-0.3, -0.25) is 4.98 Å². The zero-order chi connectivity index (χ0) is 13.1. The van der Waals surface area contributed by atoms with Gasteiger partial charge in [-0.15, -0.1) is 0 Å². The van der Waals surface area contributed by atoms with E-state index in [1.54, 1.807) is 6.20 Å². The third-order valence-electron chi connectivity index (χ3n) is 2.72. The van der Waals surface area contributed by atoms with Gasteiger partial charge in [0, 0.05) is 23.7 Å². The van der Waals surface area contributed by atoms with Crippen LogP contribution in [0.5, 0.6) is 0 Å². The zero-order valence-corrected chi connectivity index (χ0v) is 11.7. The number of aromatic nitrogens is 3. The Kier molecular flexibility index (Phi) is 3.87. The van der Waals surface area contributed by atoms with Crippen molar-refractivity contribution in [3.05, 3.63) is 40.4 Å². The first-order valence-electron chi connectivity index (χ1n) is 6.07. The Labute approximate surface area is 112 Å².